The molecule has 0 aromatic heterocycles. The van der Waals surface area contributed by atoms with Gasteiger partial charge in [0.15, 0.2) is 0 Å². The molecule has 0 aromatic carbocycles. The molecule has 1 saturated carbocycles. The molecule has 2 N–H and O–H groups in total. The number of likely N-dealkylation sites (N-methyl/N-ethyl adjacent to an activating group) is 2. The molecule has 0 heterocycles. The number of nitrogens with zero attached hydrogens (tertiary/aromatic N) is 1. The molecule has 1 rings (SSSR count). The van der Waals surface area contributed by atoms with Crippen molar-refractivity contribution in [2.45, 2.75) is 18.9 Å². The minimum Gasteiger partial charge on any atom is -0.390 e. The molecule has 1 aliphatic carbocycles. The van der Waals surface area contributed by atoms with Crippen LogP contribution in [0.4, 0.5) is 0 Å². The van der Waals surface area contributed by atoms with Gasteiger partial charge in [-0.2, -0.15) is 0 Å². The fourth-order valence-corrected chi connectivity index (χ4v) is 1.48. The van der Waals surface area contributed by atoms with Crippen molar-refractivity contribution < 1.29 is 5.11 Å². The van der Waals surface area contributed by atoms with E-state index in [9.17, 15) is 5.11 Å². The predicted molar refractivity (Wildman–Crippen MR) is 50.2 cm³/mol. The molecule has 3 nitrogen and oxygen atoms in total. The molecule has 0 bridgehead atoms. The molecule has 72 valence electrons. The quantitative estimate of drug-likeness (QED) is 0.588. The zero-order valence-electron chi connectivity index (χ0n) is 8.08. The molecule has 1 aliphatic rings. The Balaban J connectivity index is 2.02. The Morgan fingerprint density at radius 3 is 2.75 bits per heavy atom. The summed E-state index contributed by atoms with van der Waals surface area (Å²) in [6.45, 7) is 2.63. The average molecular weight is 172 g/mol. The van der Waals surface area contributed by atoms with Crippen LogP contribution in [0.25, 0.3) is 0 Å². The monoisotopic (exact) mass is 172 g/mol. The summed E-state index contributed by atoms with van der Waals surface area (Å²) >= 11 is 0. The first-order chi connectivity index (χ1) is 5.72. The summed E-state index contributed by atoms with van der Waals surface area (Å²) in [5, 5.41) is 12.4. The molecule has 0 spiro atoms. The van der Waals surface area contributed by atoms with E-state index >= 15 is 0 Å². The molecule has 1 atom stereocenters. The van der Waals surface area contributed by atoms with Crippen molar-refractivity contribution in [1.29, 1.82) is 0 Å². The van der Waals surface area contributed by atoms with Crippen LogP contribution in [0.15, 0.2) is 0 Å². The number of aliphatic hydroxyl groups is 1. The van der Waals surface area contributed by atoms with Gasteiger partial charge < -0.3 is 15.3 Å². The van der Waals surface area contributed by atoms with Crippen LogP contribution in [-0.4, -0.2) is 49.8 Å². The van der Waals surface area contributed by atoms with Crippen LogP contribution >= 0.6 is 0 Å². The second kappa shape index (κ2) is 4.80. The van der Waals surface area contributed by atoms with Crippen LogP contribution < -0.4 is 5.32 Å². The molecule has 0 amide bonds. The van der Waals surface area contributed by atoms with E-state index in [1.54, 1.807) is 0 Å². The highest BCUT2D eigenvalue weighted by molar-refractivity contribution is 4.77. The summed E-state index contributed by atoms with van der Waals surface area (Å²) in [4.78, 5) is 2.22. The van der Waals surface area contributed by atoms with E-state index in [0.29, 0.717) is 6.54 Å². The summed E-state index contributed by atoms with van der Waals surface area (Å²) < 4.78 is 0. The SMILES string of the molecule is CNCC(O)CN(C)CC1CC1. The summed E-state index contributed by atoms with van der Waals surface area (Å²) in [6.07, 6.45) is 2.54. The summed E-state index contributed by atoms with van der Waals surface area (Å²) in [7, 11) is 3.95. The van der Waals surface area contributed by atoms with Crippen molar-refractivity contribution in [3.63, 3.8) is 0 Å². The fraction of sp³-hybridized carbons (Fsp3) is 1.00. The largest absolute Gasteiger partial charge is 0.390 e. The molecular formula is C9H20N2O. The highest BCUT2D eigenvalue weighted by Crippen LogP contribution is 2.29. The van der Waals surface area contributed by atoms with Crippen LogP contribution in [0, 0.1) is 5.92 Å². The Hall–Kier alpha value is -0.120. The van der Waals surface area contributed by atoms with Crippen molar-refractivity contribution in [3.8, 4) is 0 Å². The van der Waals surface area contributed by atoms with E-state index in [0.717, 1.165) is 19.0 Å². The third kappa shape index (κ3) is 4.04. The second-order valence-corrected chi connectivity index (χ2v) is 3.88. The molecular weight excluding hydrogens is 152 g/mol. The lowest BCUT2D eigenvalue weighted by molar-refractivity contribution is 0.124. The average Bonchev–Trinajstić information content (AvgIpc) is 2.71. The molecule has 1 fully saturated rings. The highest BCUT2D eigenvalue weighted by Gasteiger charge is 2.23. The van der Waals surface area contributed by atoms with Gasteiger partial charge in [0.2, 0.25) is 0 Å². The third-order valence-electron chi connectivity index (χ3n) is 2.23. The van der Waals surface area contributed by atoms with Crippen molar-refractivity contribution >= 4 is 0 Å². The molecule has 0 aromatic rings. The lowest BCUT2D eigenvalue weighted by atomic mass is 10.3. The van der Waals surface area contributed by atoms with E-state index < -0.39 is 0 Å². The van der Waals surface area contributed by atoms with Gasteiger partial charge in [-0.15, -0.1) is 0 Å². The Morgan fingerprint density at radius 1 is 1.58 bits per heavy atom. The lowest BCUT2D eigenvalue weighted by Crippen LogP contribution is -2.36. The first kappa shape index (κ1) is 9.96. The molecule has 0 aliphatic heterocycles. The Labute approximate surface area is 74.8 Å². The highest BCUT2D eigenvalue weighted by atomic mass is 16.3. The zero-order chi connectivity index (χ0) is 8.97. The van der Waals surface area contributed by atoms with E-state index in [4.69, 9.17) is 0 Å². The van der Waals surface area contributed by atoms with Crippen LogP contribution in [0.5, 0.6) is 0 Å². The van der Waals surface area contributed by atoms with Crippen LogP contribution in [-0.2, 0) is 0 Å². The van der Waals surface area contributed by atoms with Crippen molar-refractivity contribution in [3.05, 3.63) is 0 Å². The van der Waals surface area contributed by atoms with E-state index in [-0.39, 0.29) is 6.10 Å². The van der Waals surface area contributed by atoms with Crippen LogP contribution in [0.1, 0.15) is 12.8 Å². The van der Waals surface area contributed by atoms with Gasteiger partial charge in [-0.25, -0.2) is 0 Å². The maximum atomic E-state index is 9.45. The molecule has 3 heteroatoms. The van der Waals surface area contributed by atoms with Gasteiger partial charge in [-0.1, -0.05) is 0 Å². The van der Waals surface area contributed by atoms with Crippen LogP contribution in [0.2, 0.25) is 0 Å². The van der Waals surface area contributed by atoms with Gasteiger partial charge in [-0.05, 0) is 32.9 Å². The topological polar surface area (TPSA) is 35.5 Å². The fourth-order valence-electron chi connectivity index (χ4n) is 1.48. The van der Waals surface area contributed by atoms with E-state index in [1.165, 1.54) is 12.8 Å². The summed E-state index contributed by atoms with van der Waals surface area (Å²) in [6, 6.07) is 0. The van der Waals surface area contributed by atoms with Gasteiger partial charge in [-0.3, -0.25) is 0 Å². The first-order valence-electron chi connectivity index (χ1n) is 4.73. The summed E-state index contributed by atoms with van der Waals surface area (Å²) in [5.41, 5.74) is 0. The lowest BCUT2D eigenvalue weighted by Gasteiger charge is -2.19. The van der Waals surface area contributed by atoms with Crippen LogP contribution in [0.3, 0.4) is 0 Å². The van der Waals surface area contributed by atoms with Crippen molar-refractivity contribution in [2.24, 2.45) is 5.92 Å². The maximum Gasteiger partial charge on any atom is 0.0791 e. The molecule has 12 heavy (non-hydrogen) atoms. The third-order valence-corrected chi connectivity index (χ3v) is 2.23. The molecule has 0 saturated heterocycles. The van der Waals surface area contributed by atoms with Gasteiger partial charge in [0.05, 0.1) is 6.10 Å². The Bertz CT molecular complexity index is 126. The molecule has 0 radical (unpaired) electrons. The first-order valence-corrected chi connectivity index (χ1v) is 4.73. The van der Waals surface area contributed by atoms with Crippen molar-refractivity contribution in [2.75, 3.05) is 33.7 Å². The van der Waals surface area contributed by atoms with Gasteiger partial charge in [0.25, 0.3) is 0 Å². The molecule has 1 unspecified atom stereocenters. The number of hydrogen-bond acceptors (Lipinski definition) is 3. The number of nitrogens with one attached hydrogen (secondary N) is 1. The van der Waals surface area contributed by atoms with E-state index in [2.05, 4.69) is 17.3 Å². The van der Waals surface area contributed by atoms with Crippen molar-refractivity contribution in [1.82, 2.24) is 10.2 Å². The Morgan fingerprint density at radius 2 is 2.25 bits per heavy atom. The standard InChI is InChI=1S/C9H20N2O/c1-10-5-9(12)7-11(2)6-8-3-4-8/h8-10,12H,3-7H2,1-2H3. The number of hydrogen-bond donors (Lipinski definition) is 2. The number of rotatable bonds is 6. The zero-order valence-corrected chi connectivity index (χ0v) is 8.08. The smallest absolute Gasteiger partial charge is 0.0791 e. The minimum atomic E-state index is -0.223. The van der Waals surface area contributed by atoms with Gasteiger partial charge in [0.1, 0.15) is 0 Å². The van der Waals surface area contributed by atoms with Gasteiger partial charge >= 0.3 is 0 Å². The summed E-state index contributed by atoms with van der Waals surface area (Å²) in [5.74, 6) is 0.914. The number of aliphatic hydroxyl groups excluding tert-OH is 1. The normalized spacial score (nSPS) is 20.0. The maximum absolute atomic E-state index is 9.45. The van der Waals surface area contributed by atoms with Gasteiger partial charge in [0, 0.05) is 19.6 Å². The predicted octanol–water partition coefficient (Wildman–Crippen LogP) is -0.0915. The van der Waals surface area contributed by atoms with E-state index in [1.807, 2.05) is 7.05 Å². The Kier molecular flexibility index (Phi) is 3.98. The minimum absolute atomic E-state index is 0.223. The second-order valence-electron chi connectivity index (χ2n) is 3.88.